The third-order valence-corrected chi connectivity index (χ3v) is 12.1. The number of hydrogen-bond acceptors (Lipinski definition) is 13. The SMILES string of the molecule is CO[C@H]1/C=C/O[C@@]2(C)Oc3c(C)c(O)c4c(O)c(c(C=Nc5ccc6ccccc6c5)c(O)c4c3C2=O)NC(=O)/C(C)=C\C=C\[C@@H](C)[C@H](O)[C@@H](C)[C@@H](O)[C@@H](C)[C@H](OC(C)=O)[C@@H]1C. The number of ether oxygens (including phenoxy) is 4. The molecule has 7 rings (SSSR count). The minimum absolute atomic E-state index is 0.0409. The van der Waals surface area contributed by atoms with Gasteiger partial charge in [0.05, 0.1) is 52.5 Å². The second kappa shape index (κ2) is 18.0. The second-order valence-corrected chi connectivity index (χ2v) is 16.4. The first-order valence-electron chi connectivity index (χ1n) is 20.4. The van der Waals surface area contributed by atoms with Crippen LogP contribution in [0.25, 0.3) is 21.5 Å². The molecule has 0 saturated carbocycles. The number of nitrogens with zero attached hydrogens (tertiary/aromatic N) is 1. The number of fused-ring (bicyclic) bond motifs is 15. The number of methoxy groups -OCH3 is 1. The molecule has 3 aliphatic rings. The van der Waals surface area contributed by atoms with Crippen molar-refractivity contribution in [1.29, 1.82) is 0 Å². The lowest BCUT2D eigenvalue weighted by molar-refractivity contribution is -0.160. The van der Waals surface area contributed by atoms with Crippen molar-refractivity contribution in [2.45, 2.75) is 85.6 Å². The molecule has 0 aromatic heterocycles. The average molecular weight is 851 g/mol. The first kappa shape index (κ1) is 45.3. The summed E-state index contributed by atoms with van der Waals surface area (Å²) >= 11 is 0. The van der Waals surface area contributed by atoms with Crippen LogP contribution in [-0.4, -0.2) is 86.7 Å². The van der Waals surface area contributed by atoms with Gasteiger partial charge in [-0.1, -0.05) is 76.3 Å². The first-order valence-corrected chi connectivity index (χ1v) is 20.4. The van der Waals surface area contributed by atoms with Crippen molar-refractivity contribution in [2.24, 2.45) is 28.7 Å². The Kier molecular flexibility index (Phi) is 13.2. The number of phenolic OH excluding ortho intramolecular Hbond substituents is 3. The van der Waals surface area contributed by atoms with E-state index in [1.807, 2.05) is 36.4 Å². The number of ketones is 1. The summed E-state index contributed by atoms with van der Waals surface area (Å²) in [5.74, 6) is -8.55. The third kappa shape index (κ3) is 8.50. The summed E-state index contributed by atoms with van der Waals surface area (Å²) < 4.78 is 23.6. The summed E-state index contributed by atoms with van der Waals surface area (Å²) in [5, 5.41) is 62.6. The maximum absolute atomic E-state index is 14.5. The van der Waals surface area contributed by atoms with Crippen molar-refractivity contribution in [3.63, 3.8) is 0 Å². The third-order valence-electron chi connectivity index (χ3n) is 12.1. The predicted molar refractivity (Wildman–Crippen MR) is 235 cm³/mol. The highest BCUT2D eigenvalue weighted by Crippen LogP contribution is 2.55. The molecule has 3 heterocycles. The van der Waals surface area contributed by atoms with Gasteiger partial charge in [0.1, 0.15) is 23.4 Å². The summed E-state index contributed by atoms with van der Waals surface area (Å²) in [4.78, 5) is 45.3. The number of aromatic hydroxyl groups is 3. The standard InChI is InChI=1S/C48H54N2O12/c1-23-13-12-14-24(2)47(58)50-38-33(22-49-32-18-17-30-15-10-11-16-31(30)21-32)42(55)35-36(43(38)56)41(54)28(6)45-37(35)46(57)48(8,62-45)60-20-19-34(59-9)25(3)44(61-29(7)51)27(5)40(53)26(4)39(23)52/h10-23,25-27,34,39-40,44,52-56H,1-9H3,(H,50,58)/b13-12+,20-19+,24-14-,49-22?/t23-,25-,26-,27-,34+,39+,40-,44-,48+/m1/s1. The van der Waals surface area contributed by atoms with Gasteiger partial charge in [-0.15, -0.1) is 0 Å². The zero-order valence-corrected chi connectivity index (χ0v) is 36.2. The Morgan fingerprint density at radius 2 is 1.58 bits per heavy atom. The van der Waals surface area contributed by atoms with Crippen molar-refractivity contribution in [3.05, 3.63) is 95.3 Å². The van der Waals surface area contributed by atoms with E-state index in [0.717, 1.165) is 10.8 Å². The molecular formula is C48H54N2O12. The molecule has 1 amide bonds. The quantitative estimate of drug-likeness (QED) is 0.0506. The molecule has 6 N–H and O–H groups in total. The van der Waals surface area contributed by atoms with Crippen LogP contribution in [0.3, 0.4) is 0 Å². The molecule has 0 unspecified atom stereocenters. The van der Waals surface area contributed by atoms with Crippen LogP contribution >= 0.6 is 0 Å². The summed E-state index contributed by atoms with van der Waals surface area (Å²) in [6, 6.07) is 13.1. The Balaban J connectivity index is 1.54. The van der Waals surface area contributed by atoms with Gasteiger partial charge in [0.15, 0.2) is 5.75 Å². The molecule has 4 aromatic rings. The lowest BCUT2D eigenvalue weighted by Crippen LogP contribution is -2.46. The molecule has 0 saturated heterocycles. The van der Waals surface area contributed by atoms with E-state index in [1.54, 1.807) is 45.9 Å². The van der Waals surface area contributed by atoms with Crippen LogP contribution in [-0.2, 0) is 23.8 Å². The molecular weight excluding hydrogens is 797 g/mol. The average Bonchev–Trinajstić information content (AvgIpc) is 3.51. The Morgan fingerprint density at radius 1 is 0.887 bits per heavy atom. The molecule has 328 valence electrons. The Labute approximate surface area is 359 Å². The Morgan fingerprint density at radius 3 is 2.26 bits per heavy atom. The molecule has 0 spiro atoms. The molecule has 62 heavy (non-hydrogen) atoms. The number of hydrogen-bond donors (Lipinski definition) is 6. The molecule has 14 nitrogen and oxygen atoms in total. The Bertz CT molecular complexity index is 2540. The summed E-state index contributed by atoms with van der Waals surface area (Å²) in [6.45, 7) is 12.5. The van der Waals surface area contributed by atoms with Gasteiger partial charge in [0.2, 0.25) is 0 Å². The number of carbonyl (C=O) groups excluding carboxylic acids is 3. The van der Waals surface area contributed by atoms with Crippen molar-refractivity contribution in [3.8, 4) is 23.0 Å². The zero-order valence-electron chi connectivity index (χ0n) is 36.2. The number of phenols is 3. The highest BCUT2D eigenvalue weighted by Gasteiger charge is 2.50. The van der Waals surface area contributed by atoms with E-state index >= 15 is 0 Å². The Hall–Kier alpha value is -6.22. The van der Waals surface area contributed by atoms with Gasteiger partial charge in [-0.05, 0) is 42.8 Å². The summed E-state index contributed by atoms with van der Waals surface area (Å²) in [6.07, 6.45) is 4.74. The number of nitrogens with one attached hydrogen (secondary N) is 1. The van der Waals surface area contributed by atoms with E-state index < -0.39 is 88.8 Å². The number of rotatable bonds is 4. The van der Waals surface area contributed by atoms with E-state index in [0.29, 0.717) is 5.69 Å². The number of allylic oxidation sites excluding steroid dienone is 2. The molecule has 0 fully saturated rings. The van der Waals surface area contributed by atoms with Crippen molar-refractivity contribution < 1.29 is 58.9 Å². The fraction of sp³-hybridized carbons (Fsp3) is 0.375. The van der Waals surface area contributed by atoms with Crippen LogP contribution in [0, 0.1) is 30.6 Å². The molecule has 0 radical (unpaired) electrons. The molecule has 3 aliphatic heterocycles. The number of aliphatic hydroxyl groups excluding tert-OH is 2. The van der Waals surface area contributed by atoms with Crippen LogP contribution < -0.4 is 10.1 Å². The largest absolute Gasteiger partial charge is 0.507 e. The number of aliphatic hydroxyl groups is 2. The number of aliphatic imine (C=N–C) groups is 1. The van der Waals surface area contributed by atoms with Gasteiger partial charge in [-0.3, -0.25) is 19.4 Å². The lowest BCUT2D eigenvalue weighted by atomic mass is 9.78. The van der Waals surface area contributed by atoms with E-state index in [4.69, 9.17) is 18.9 Å². The van der Waals surface area contributed by atoms with Crippen molar-refractivity contribution in [1.82, 2.24) is 0 Å². The van der Waals surface area contributed by atoms with Crippen LogP contribution in [0.15, 0.2) is 83.6 Å². The molecule has 9 atom stereocenters. The number of anilines is 1. The minimum Gasteiger partial charge on any atom is -0.507 e. The van der Waals surface area contributed by atoms with Crippen LogP contribution in [0.5, 0.6) is 23.0 Å². The minimum atomic E-state index is -2.07. The number of amides is 1. The van der Waals surface area contributed by atoms with E-state index in [2.05, 4.69) is 10.3 Å². The highest BCUT2D eigenvalue weighted by molar-refractivity contribution is 6.24. The number of benzene rings is 4. The first-order chi connectivity index (χ1) is 29.3. The second-order valence-electron chi connectivity index (χ2n) is 16.4. The number of esters is 1. The van der Waals surface area contributed by atoms with Gasteiger partial charge < -0.3 is 49.8 Å². The maximum Gasteiger partial charge on any atom is 0.312 e. The number of Topliss-reactive ketones (excluding diaryl/α,β-unsaturated/α-hetero) is 1. The fourth-order valence-electron chi connectivity index (χ4n) is 8.27. The number of carbonyl (C=O) groups is 3. The molecule has 0 aliphatic carbocycles. The van der Waals surface area contributed by atoms with Gasteiger partial charge >= 0.3 is 11.8 Å². The zero-order chi connectivity index (χ0) is 45.4. The molecule has 4 aromatic carbocycles. The smallest absolute Gasteiger partial charge is 0.312 e. The van der Waals surface area contributed by atoms with E-state index in [9.17, 15) is 39.9 Å². The summed E-state index contributed by atoms with van der Waals surface area (Å²) in [5.41, 5.74) is -0.0152. The van der Waals surface area contributed by atoms with Crippen LogP contribution in [0.1, 0.15) is 70.0 Å². The van der Waals surface area contributed by atoms with Crippen LogP contribution in [0.4, 0.5) is 11.4 Å². The maximum atomic E-state index is 14.5. The normalized spacial score (nSPS) is 29.2. The monoisotopic (exact) mass is 850 g/mol. The van der Waals surface area contributed by atoms with Crippen molar-refractivity contribution in [2.75, 3.05) is 12.4 Å². The summed E-state index contributed by atoms with van der Waals surface area (Å²) in [7, 11) is 1.43. The van der Waals surface area contributed by atoms with E-state index in [1.165, 1.54) is 59.4 Å². The molecule has 5 bridgehead atoms. The van der Waals surface area contributed by atoms with Gasteiger partial charge in [-0.2, -0.15) is 0 Å². The lowest BCUT2D eigenvalue weighted by Gasteiger charge is -2.38. The van der Waals surface area contributed by atoms with Gasteiger partial charge in [0.25, 0.3) is 11.7 Å². The van der Waals surface area contributed by atoms with Gasteiger partial charge in [0, 0.05) is 67.4 Å². The predicted octanol–water partition coefficient (Wildman–Crippen LogP) is 7.66. The topological polar surface area (TPSA) is 214 Å². The highest BCUT2D eigenvalue weighted by atomic mass is 16.7. The van der Waals surface area contributed by atoms with Crippen molar-refractivity contribution >= 4 is 56.8 Å². The fourth-order valence-corrected chi connectivity index (χ4v) is 8.27. The van der Waals surface area contributed by atoms with Gasteiger partial charge in [-0.25, -0.2) is 0 Å². The molecule has 14 heteroatoms. The van der Waals surface area contributed by atoms with E-state index in [-0.39, 0.29) is 44.5 Å². The van der Waals surface area contributed by atoms with Crippen LogP contribution in [0.2, 0.25) is 0 Å².